The molecule has 0 spiro atoms. The Kier molecular flexibility index (Phi) is 4.17. The second kappa shape index (κ2) is 5.41. The molecule has 0 heterocycles. The SMILES string of the molecule is [N-]=[N+]=CC(=O)CCc1ccc(C(F)(F)F)cc1. The zero-order valence-electron chi connectivity index (χ0n) is 8.74. The molecule has 0 unspecified atom stereocenters. The van der Waals surface area contributed by atoms with Gasteiger partial charge in [0.05, 0.1) is 5.56 Å². The molecule has 1 aromatic carbocycles. The number of rotatable bonds is 4. The van der Waals surface area contributed by atoms with E-state index in [0.29, 0.717) is 12.0 Å². The molecule has 1 rings (SSSR count). The normalized spacial score (nSPS) is 10.8. The number of Topliss-reactive ketones (excluding diaryl/α,β-unsaturated/α-hetero) is 1. The van der Waals surface area contributed by atoms with Gasteiger partial charge in [-0.2, -0.15) is 18.0 Å². The lowest BCUT2D eigenvalue weighted by molar-refractivity contribution is -0.137. The van der Waals surface area contributed by atoms with Crippen LogP contribution in [0.4, 0.5) is 13.2 Å². The largest absolute Gasteiger partial charge is 0.416 e. The van der Waals surface area contributed by atoms with Gasteiger partial charge in [0.2, 0.25) is 5.78 Å². The summed E-state index contributed by atoms with van der Waals surface area (Å²) >= 11 is 0. The van der Waals surface area contributed by atoms with Crippen LogP contribution in [-0.4, -0.2) is 16.8 Å². The molecule has 0 aliphatic rings. The van der Waals surface area contributed by atoms with Crippen LogP contribution in [0.1, 0.15) is 17.5 Å². The summed E-state index contributed by atoms with van der Waals surface area (Å²) in [6, 6.07) is 4.60. The number of alkyl halides is 3. The first-order chi connectivity index (χ1) is 7.93. The number of hydrogen-bond donors (Lipinski definition) is 0. The van der Waals surface area contributed by atoms with Crippen molar-refractivity contribution in [3.8, 4) is 0 Å². The summed E-state index contributed by atoms with van der Waals surface area (Å²) in [7, 11) is 0. The van der Waals surface area contributed by atoms with Gasteiger partial charge in [-0.05, 0) is 24.1 Å². The number of carbonyl (C=O) groups is 1. The quantitative estimate of drug-likeness (QED) is 0.454. The van der Waals surface area contributed by atoms with Crippen LogP contribution in [0.25, 0.3) is 5.53 Å². The molecule has 1 aromatic rings. The third kappa shape index (κ3) is 4.20. The Labute approximate surface area is 95.5 Å². The average Bonchev–Trinajstić information content (AvgIpc) is 2.26. The smallest absolute Gasteiger partial charge is 0.361 e. The Bertz CT molecular complexity index is 445. The van der Waals surface area contributed by atoms with E-state index in [2.05, 4.69) is 4.79 Å². The maximum atomic E-state index is 12.2. The van der Waals surface area contributed by atoms with Gasteiger partial charge < -0.3 is 5.53 Å². The third-order valence-corrected chi connectivity index (χ3v) is 2.14. The highest BCUT2D eigenvalue weighted by atomic mass is 19.4. The second-order valence-electron chi connectivity index (χ2n) is 3.41. The Morgan fingerprint density at radius 3 is 2.35 bits per heavy atom. The van der Waals surface area contributed by atoms with Gasteiger partial charge in [-0.1, -0.05) is 12.1 Å². The predicted molar refractivity (Wildman–Crippen MR) is 54.5 cm³/mol. The zero-order chi connectivity index (χ0) is 12.9. The van der Waals surface area contributed by atoms with Crippen LogP contribution >= 0.6 is 0 Å². The van der Waals surface area contributed by atoms with Crippen molar-refractivity contribution in [2.24, 2.45) is 0 Å². The molecule has 0 aliphatic heterocycles. The monoisotopic (exact) mass is 242 g/mol. The number of hydrogen-bond acceptors (Lipinski definition) is 1. The van der Waals surface area contributed by atoms with E-state index in [1.54, 1.807) is 0 Å². The predicted octanol–water partition coefficient (Wildman–Crippen LogP) is 2.51. The molecule has 0 aromatic heterocycles. The molecular weight excluding hydrogens is 233 g/mol. The van der Waals surface area contributed by atoms with Crippen molar-refractivity contribution in [1.29, 1.82) is 0 Å². The number of ketones is 1. The fourth-order valence-corrected chi connectivity index (χ4v) is 1.26. The Balaban J connectivity index is 2.63. The lowest BCUT2D eigenvalue weighted by Gasteiger charge is -2.06. The fourth-order valence-electron chi connectivity index (χ4n) is 1.26. The van der Waals surface area contributed by atoms with Crippen LogP contribution in [0, 0.1) is 0 Å². The molecule has 17 heavy (non-hydrogen) atoms. The molecule has 3 nitrogen and oxygen atoms in total. The number of nitrogens with zero attached hydrogens (tertiary/aromatic N) is 2. The maximum Gasteiger partial charge on any atom is 0.416 e. The molecule has 0 amide bonds. The van der Waals surface area contributed by atoms with Crippen molar-refractivity contribution in [2.45, 2.75) is 19.0 Å². The minimum absolute atomic E-state index is 0.0927. The van der Waals surface area contributed by atoms with Crippen LogP contribution in [0.3, 0.4) is 0 Å². The van der Waals surface area contributed by atoms with E-state index >= 15 is 0 Å². The van der Waals surface area contributed by atoms with Crippen molar-refractivity contribution in [1.82, 2.24) is 0 Å². The zero-order valence-corrected chi connectivity index (χ0v) is 8.74. The number of halogens is 3. The van der Waals surface area contributed by atoms with Crippen LogP contribution in [-0.2, 0) is 17.4 Å². The first kappa shape index (κ1) is 13.1. The van der Waals surface area contributed by atoms with E-state index in [0.717, 1.165) is 18.3 Å². The highest BCUT2D eigenvalue weighted by Gasteiger charge is 2.29. The minimum atomic E-state index is -4.35. The summed E-state index contributed by atoms with van der Waals surface area (Å²) in [5.74, 6) is -0.382. The molecule has 90 valence electrons. The van der Waals surface area contributed by atoms with Crippen molar-refractivity contribution in [3.63, 3.8) is 0 Å². The molecule has 0 fully saturated rings. The van der Waals surface area contributed by atoms with Gasteiger partial charge in [-0.15, -0.1) is 0 Å². The molecule has 6 heteroatoms. The Morgan fingerprint density at radius 1 is 1.29 bits per heavy atom. The van der Waals surface area contributed by atoms with Gasteiger partial charge in [0.25, 0.3) is 0 Å². The van der Waals surface area contributed by atoms with E-state index < -0.39 is 11.7 Å². The van der Waals surface area contributed by atoms with E-state index in [4.69, 9.17) is 5.53 Å². The van der Waals surface area contributed by atoms with Crippen LogP contribution in [0.5, 0.6) is 0 Å². The lowest BCUT2D eigenvalue weighted by Crippen LogP contribution is -2.05. The fraction of sp³-hybridized carbons (Fsp3) is 0.273. The standard InChI is InChI=1S/C11H9F3N2O/c12-11(13,14)9-4-1-8(2-5-9)3-6-10(17)7-16-15/h1-2,4-5,7H,3,6H2. The Morgan fingerprint density at radius 2 is 1.88 bits per heavy atom. The molecule has 0 aliphatic carbocycles. The first-order valence-corrected chi connectivity index (χ1v) is 4.80. The van der Waals surface area contributed by atoms with Crippen LogP contribution in [0.15, 0.2) is 24.3 Å². The van der Waals surface area contributed by atoms with Gasteiger partial charge in [0.15, 0.2) is 0 Å². The molecule has 0 radical (unpaired) electrons. The van der Waals surface area contributed by atoms with Crippen molar-refractivity contribution < 1.29 is 22.8 Å². The molecular formula is C11H9F3N2O. The topological polar surface area (TPSA) is 53.5 Å². The van der Waals surface area contributed by atoms with Gasteiger partial charge in [-0.25, -0.2) is 0 Å². The van der Waals surface area contributed by atoms with Gasteiger partial charge in [-0.3, -0.25) is 4.79 Å². The summed E-state index contributed by atoms with van der Waals surface area (Å²) in [6.45, 7) is 0. The van der Waals surface area contributed by atoms with E-state index in [1.807, 2.05) is 0 Å². The Hall–Kier alpha value is -1.94. The summed E-state index contributed by atoms with van der Waals surface area (Å²) in [4.78, 5) is 13.5. The van der Waals surface area contributed by atoms with Crippen molar-refractivity contribution >= 4 is 12.0 Å². The lowest BCUT2D eigenvalue weighted by atomic mass is 10.1. The number of benzene rings is 1. The average molecular weight is 242 g/mol. The number of carbonyl (C=O) groups excluding carboxylic acids is 1. The van der Waals surface area contributed by atoms with Gasteiger partial charge in [0.1, 0.15) is 0 Å². The summed E-state index contributed by atoms with van der Waals surface area (Å²) in [6.07, 6.45) is -3.18. The van der Waals surface area contributed by atoms with E-state index in [9.17, 15) is 18.0 Å². The summed E-state index contributed by atoms with van der Waals surface area (Å²) in [5, 5.41) is 0. The van der Waals surface area contributed by atoms with E-state index in [1.165, 1.54) is 12.1 Å². The molecule has 0 saturated heterocycles. The molecule has 0 bridgehead atoms. The van der Waals surface area contributed by atoms with Gasteiger partial charge in [0, 0.05) is 6.42 Å². The second-order valence-corrected chi connectivity index (χ2v) is 3.41. The third-order valence-electron chi connectivity index (χ3n) is 2.14. The van der Waals surface area contributed by atoms with Crippen molar-refractivity contribution in [3.05, 3.63) is 40.9 Å². The van der Waals surface area contributed by atoms with E-state index in [-0.39, 0.29) is 12.2 Å². The highest BCUT2D eigenvalue weighted by Crippen LogP contribution is 2.29. The van der Waals surface area contributed by atoms with Crippen molar-refractivity contribution in [2.75, 3.05) is 0 Å². The van der Waals surface area contributed by atoms with Crippen LogP contribution < -0.4 is 0 Å². The molecule has 0 saturated carbocycles. The first-order valence-electron chi connectivity index (χ1n) is 4.80. The number of aryl methyl sites for hydroxylation is 1. The minimum Gasteiger partial charge on any atom is -0.361 e. The summed E-state index contributed by atoms with van der Waals surface area (Å²) in [5.41, 5.74) is 7.99. The molecule has 0 N–H and O–H groups in total. The van der Waals surface area contributed by atoms with Crippen LogP contribution in [0.2, 0.25) is 0 Å². The van der Waals surface area contributed by atoms with Gasteiger partial charge >= 0.3 is 12.4 Å². The summed E-state index contributed by atoms with van der Waals surface area (Å²) < 4.78 is 36.7. The molecule has 0 atom stereocenters. The highest BCUT2D eigenvalue weighted by molar-refractivity contribution is 6.25. The maximum absolute atomic E-state index is 12.2.